The molecular formula is C11H21NO4S. The summed E-state index contributed by atoms with van der Waals surface area (Å²) >= 11 is 1.87. The van der Waals surface area contributed by atoms with Crippen molar-refractivity contribution in [2.75, 3.05) is 51.6 Å². The van der Waals surface area contributed by atoms with Crippen molar-refractivity contribution < 1.29 is 19.0 Å². The van der Waals surface area contributed by atoms with E-state index in [9.17, 15) is 4.79 Å². The predicted octanol–water partition coefficient (Wildman–Crippen LogP) is 0.288. The van der Waals surface area contributed by atoms with Crippen LogP contribution in [-0.4, -0.2) is 63.6 Å². The first-order chi connectivity index (χ1) is 8.33. The first-order valence-electron chi connectivity index (χ1n) is 5.86. The highest BCUT2D eigenvalue weighted by molar-refractivity contribution is 7.99. The Bertz CT molecular complexity index is 210. The van der Waals surface area contributed by atoms with E-state index in [2.05, 4.69) is 5.32 Å². The lowest BCUT2D eigenvalue weighted by Crippen LogP contribution is -2.39. The highest BCUT2D eigenvalue weighted by atomic mass is 32.2. The lowest BCUT2D eigenvalue weighted by Gasteiger charge is -2.22. The smallest absolute Gasteiger partial charge is 0.307 e. The summed E-state index contributed by atoms with van der Waals surface area (Å²) in [6.07, 6.45) is 0.449. The van der Waals surface area contributed by atoms with Gasteiger partial charge in [0, 0.05) is 31.2 Å². The number of nitrogens with one attached hydrogen (secondary N) is 1. The molecule has 1 saturated heterocycles. The minimum atomic E-state index is -0.152. The number of hydrogen-bond donors (Lipinski definition) is 1. The molecule has 1 unspecified atom stereocenters. The fourth-order valence-corrected chi connectivity index (χ4v) is 2.42. The Kier molecular flexibility index (Phi) is 8.42. The van der Waals surface area contributed by atoms with Crippen molar-refractivity contribution in [2.24, 2.45) is 0 Å². The molecule has 0 aromatic carbocycles. The van der Waals surface area contributed by atoms with Gasteiger partial charge in [0.15, 0.2) is 0 Å². The molecule has 1 aliphatic rings. The van der Waals surface area contributed by atoms with Crippen molar-refractivity contribution in [3.8, 4) is 0 Å². The van der Waals surface area contributed by atoms with Gasteiger partial charge in [0.25, 0.3) is 0 Å². The molecule has 100 valence electrons. The van der Waals surface area contributed by atoms with Gasteiger partial charge in [-0.15, -0.1) is 0 Å². The summed E-state index contributed by atoms with van der Waals surface area (Å²) in [5, 5.41) is 3.30. The van der Waals surface area contributed by atoms with Gasteiger partial charge in [0.1, 0.15) is 6.61 Å². The van der Waals surface area contributed by atoms with E-state index in [1.165, 1.54) is 0 Å². The van der Waals surface area contributed by atoms with Crippen molar-refractivity contribution in [1.29, 1.82) is 0 Å². The number of ether oxygens (including phenoxy) is 3. The van der Waals surface area contributed by atoms with Crippen LogP contribution >= 0.6 is 11.8 Å². The summed E-state index contributed by atoms with van der Waals surface area (Å²) in [7, 11) is 1.62. The maximum atomic E-state index is 11.4. The molecule has 1 rings (SSSR count). The quantitative estimate of drug-likeness (QED) is 0.502. The Morgan fingerprint density at radius 3 is 2.88 bits per heavy atom. The number of methoxy groups -OCH3 is 1. The molecule has 0 saturated carbocycles. The van der Waals surface area contributed by atoms with Crippen molar-refractivity contribution in [2.45, 2.75) is 12.5 Å². The van der Waals surface area contributed by atoms with Gasteiger partial charge in [-0.2, -0.15) is 11.8 Å². The van der Waals surface area contributed by atoms with E-state index in [-0.39, 0.29) is 12.0 Å². The maximum Gasteiger partial charge on any atom is 0.307 e. The summed E-state index contributed by atoms with van der Waals surface area (Å²) in [6, 6.07) is 0.260. The Hall–Kier alpha value is -0.300. The largest absolute Gasteiger partial charge is 0.463 e. The van der Waals surface area contributed by atoms with Gasteiger partial charge in [0.05, 0.1) is 26.2 Å². The molecule has 6 heteroatoms. The summed E-state index contributed by atoms with van der Waals surface area (Å²) in [5.41, 5.74) is 0. The second-order valence-corrected chi connectivity index (χ2v) is 4.91. The zero-order valence-corrected chi connectivity index (χ0v) is 11.1. The topological polar surface area (TPSA) is 56.8 Å². The van der Waals surface area contributed by atoms with E-state index in [0.717, 1.165) is 18.1 Å². The number of thioether (sulfide) groups is 1. The Balaban J connectivity index is 1.93. The third kappa shape index (κ3) is 7.59. The van der Waals surface area contributed by atoms with Gasteiger partial charge in [-0.05, 0) is 0 Å². The third-order valence-corrected chi connectivity index (χ3v) is 3.46. The molecule has 0 aliphatic carbocycles. The van der Waals surface area contributed by atoms with Gasteiger partial charge < -0.3 is 19.5 Å². The fourth-order valence-electron chi connectivity index (χ4n) is 1.47. The Morgan fingerprint density at radius 1 is 1.35 bits per heavy atom. The standard InChI is InChI=1S/C11H21NO4S/c1-14-3-4-15-5-6-16-11(13)8-10-9-17-7-2-12-10/h10,12H,2-9H2,1H3. The number of rotatable bonds is 8. The number of esters is 1. The van der Waals surface area contributed by atoms with Crippen LogP contribution in [0, 0.1) is 0 Å². The van der Waals surface area contributed by atoms with E-state index in [1.807, 2.05) is 11.8 Å². The average Bonchev–Trinajstić information content (AvgIpc) is 2.35. The van der Waals surface area contributed by atoms with Crippen molar-refractivity contribution in [3.63, 3.8) is 0 Å². The predicted molar refractivity (Wildman–Crippen MR) is 67.4 cm³/mol. The lowest BCUT2D eigenvalue weighted by molar-refractivity contribution is -0.145. The number of carbonyl (C=O) groups excluding carboxylic acids is 1. The third-order valence-electron chi connectivity index (χ3n) is 2.33. The molecule has 0 aromatic rings. The molecular weight excluding hydrogens is 242 g/mol. The lowest BCUT2D eigenvalue weighted by atomic mass is 10.2. The van der Waals surface area contributed by atoms with Crippen molar-refractivity contribution in [1.82, 2.24) is 5.32 Å². The van der Waals surface area contributed by atoms with E-state index >= 15 is 0 Å². The van der Waals surface area contributed by atoms with Crippen molar-refractivity contribution in [3.05, 3.63) is 0 Å². The normalized spacial score (nSPS) is 20.2. The maximum absolute atomic E-state index is 11.4. The monoisotopic (exact) mass is 263 g/mol. The SMILES string of the molecule is COCCOCCOC(=O)CC1CSCCN1. The summed E-state index contributed by atoms with van der Waals surface area (Å²) in [5.74, 6) is 1.96. The van der Waals surface area contributed by atoms with Crippen molar-refractivity contribution >= 4 is 17.7 Å². The minimum absolute atomic E-state index is 0.152. The molecule has 1 aliphatic heterocycles. The molecule has 1 heterocycles. The number of carbonyl (C=O) groups is 1. The molecule has 1 fully saturated rings. The second kappa shape index (κ2) is 9.70. The first kappa shape index (κ1) is 14.8. The first-order valence-corrected chi connectivity index (χ1v) is 7.02. The van der Waals surface area contributed by atoms with E-state index in [0.29, 0.717) is 32.8 Å². The van der Waals surface area contributed by atoms with Crippen LogP contribution in [0.5, 0.6) is 0 Å². The van der Waals surface area contributed by atoms with Crippen LogP contribution in [0.25, 0.3) is 0 Å². The highest BCUT2D eigenvalue weighted by Gasteiger charge is 2.17. The summed E-state index contributed by atoms with van der Waals surface area (Å²) < 4.78 is 15.1. The van der Waals surface area contributed by atoms with Gasteiger partial charge >= 0.3 is 5.97 Å². The second-order valence-electron chi connectivity index (χ2n) is 3.76. The van der Waals surface area contributed by atoms with Crippen LogP contribution in [0.3, 0.4) is 0 Å². The molecule has 0 spiro atoms. The van der Waals surface area contributed by atoms with Gasteiger partial charge in [-0.1, -0.05) is 0 Å². The minimum Gasteiger partial charge on any atom is -0.463 e. The molecule has 0 bridgehead atoms. The van der Waals surface area contributed by atoms with E-state index in [4.69, 9.17) is 14.2 Å². The van der Waals surface area contributed by atoms with Crippen LogP contribution in [0.4, 0.5) is 0 Å². The molecule has 5 nitrogen and oxygen atoms in total. The van der Waals surface area contributed by atoms with Crippen LogP contribution in [0.15, 0.2) is 0 Å². The molecule has 17 heavy (non-hydrogen) atoms. The van der Waals surface area contributed by atoms with E-state index < -0.39 is 0 Å². The molecule has 1 atom stereocenters. The average molecular weight is 263 g/mol. The molecule has 0 radical (unpaired) electrons. The van der Waals surface area contributed by atoms with Crippen LogP contribution in [0.2, 0.25) is 0 Å². The Labute approximate surface area is 107 Å². The van der Waals surface area contributed by atoms with Crippen LogP contribution in [0.1, 0.15) is 6.42 Å². The zero-order chi connectivity index (χ0) is 12.3. The van der Waals surface area contributed by atoms with Gasteiger partial charge in [-0.3, -0.25) is 4.79 Å². The summed E-state index contributed by atoms with van der Waals surface area (Å²) in [6.45, 7) is 2.83. The fraction of sp³-hybridized carbons (Fsp3) is 0.909. The van der Waals surface area contributed by atoms with Crippen LogP contribution < -0.4 is 5.32 Å². The van der Waals surface area contributed by atoms with Gasteiger partial charge in [0.2, 0.25) is 0 Å². The number of hydrogen-bond acceptors (Lipinski definition) is 6. The summed E-state index contributed by atoms with van der Waals surface area (Å²) in [4.78, 5) is 11.4. The highest BCUT2D eigenvalue weighted by Crippen LogP contribution is 2.10. The molecule has 1 N–H and O–H groups in total. The molecule has 0 aromatic heterocycles. The zero-order valence-electron chi connectivity index (χ0n) is 10.3. The van der Waals surface area contributed by atoms with Crippen LogP contribution in [-0.2, 0) is 19.0 Å². The van der Waals surface area contributed by atoms with E-state index in [1.54, 1.807) is 7.11 Å². The Morgan fingerprint density at radius 2 is 2.18 bits per heavy atom. The van der Waals surface area contributed by atoms with Gasteiger partial charge in [-0.25, -0.2) is 0 Å². The molecule has 0 amide bonds.